The molecule has 0 aliphatic heterocycles. The van der Waals surface area contributed by atoms with Crippen molar-refractivity contribution in [3.63, 3.8) is 0 Å². The number of aliphatic carboxylic acids is 1. The van der Waals surface area contributed by atoms with E-state index in [-0.39, 0.29) is 0 Å². The molecule has 1 atom stereocenters. The smallest absolute Gasteiger partial charge is 0.337 e. The maximum Gasteiger partial charge on any atom is 0.337 e. The zero-order valence-electron chi connectivity index (χ0n) is 19.3. The molecule has 4 rings (SSSR count). The first-order valence-electron chi connectivity index (χ1n) is 10.8. The van der Waals surface area contributed by atoms with Gasteiger partial charge in [-0.2, -0.15) is 0 Å². The Kier molecular flexibility index (Phi) is 5.81. The van der Waals surface area contributed by atoms with Crippen LogP contribution in [0.15, 0.2) is 29.0 Å². The highest BCUT2D eigenvalue weighted by molar-refractivity contribution is 7.19. The Labute approximate surface area is 191 Å². The third kappa shape index (κ3) is 3.91. The van der Waals surface area contributed by atoms with E-state index in [1.165, 1.54) is 10.4 Å². The SMILES string of the molecule is CCc1sc2nc(C)c(C(OC(C)(C)C)C(=O)O)c(-c3cnc4ccoc4c3)c2c1CC. The molecule has 0 amide bonds. The number of carbonyl (C=O) groups is 1. The molecular formula is C25H28N2O4S. The third-order valence-corrected chi connectivity index (χ3v) is 6.74. The van der Waals surface area contributed by atoms with Gasteiger partial charge in [0.2, 0.25) is 0 Å². The second-order valence-corrected chi connectivity index (χ2v) is 9.94. The molecule has 0 spiro atoms. The molecule has 0 bridgehead atoms. The van der Waals surface area contributed by atoms with Gasteiger partial charge in [-0.05, 0) is 52.2 Å². The van der Waals surface area contributed by atoms with Gasteiger partial charge in [0.05, 0.1) is 11.9 Å². The number of aromatic nitrogens is 2. The molecule has 7 heteroatoms. The van der Waals surface area contributed by atoms with Crippen molar-refractivity contribution in [2.75, 3.05) is 0 Å². The second-order valence-electron chi connectivity index (χ2n) is 8.85. The van der Waals surface area contributed by atoms with Crippen LogP contribution in [0.5, 0.6) is 0 Å². The summed E-state index contributed by atoms with van der Waals surface area (Å²) in [6.07, 6.45) is 3.96. The number of hydrogen-bond acceptors (Lipinski definition) is 6. The highest BCUT2D eigenvalue weighted by Crippen LogP contribution is 2.44. The third-order valence-electron chi connectivity index (χ3n) is 5.47. The molecule has 4 aromatic heterocycles. The van der Waals surface area contributed by atoms with Gasteiger partial charge >= 0.3 is 5.97 Å². The molecule has 4 aromatic rings. The summed E-state index contributed by atoms with van der Waals surface area (Å²) in [5, 5.41) is 11.2. The Morgan fingerprint density at radius 2 is 2.03 bits per heavy atom. The predicted molar refractivity (Wildman–Crippen MR) is 127 cm³/mol. The van der Waals surface area contributed by atoms with Gasteiger partial charge in [-0.25, -0.2) is 9.78 Å². The van der Waals surface area contributed by atoms with E-state index < -0.39 is 17.7 Å². The topological polar surface area (TPSA) is 85.5 Å². The van der Waals surface area contributed by atoms with Gasteiger partial charge in [0.15, 0.2) is 11.7 Å². The van der Waals surface area contributed by atoms with Gasteiger partial charge in [-0.1, -0.05) is 13.8 Å². The Balaban J connectivity index is 2.14. The molecule has 0 aliphatic rings. The minimum Gasteiger partial charge on any atom is -0.479 e. The average molecular weight is 453 g/mol. The van der Waals surface area contributed by atoms with E-state index in [1.54, 1.807) is 23.8 Å². The second kappa shape index (κ2) is 8.30. The summed E-state index contributed by atoms with van der Waals surface area (Å²) in [6, 6.07) is 3.74. The lowest BCUT2D eigenvalue weighted by molar-refractivity contribution is -0.160. The van der Waals surface area contributed by atoms with E-state index in [9.17, 15) is 9.90 Å². The van der Waals surface area contributed by atoms with Gasteiger partial charge in [-0.3, -0.25) is 4.98 Å². The van der Waals surface area contributed by atoms with Crippen LogP contribution in [0, 0.1) is 6.92 Å². The van der Waals surface area contributed by atoms with E-state index in [0.29, 0.717) is 16.8 Å². The fourth-order valence-electron chi connectivity index (χ4n) is 4.21. The molecule has 32 heavy (non-hydrogen) atoms. The number of ether oxygens (including phenoxy) is 1. The molecule has 4 heterocycles. The molecular weight excluding hydrogens is 424 g/mol. The summed E-state index contributed by atoms with van der Waals surface area (Å²) < 4.78 is 11.7. The van der Waals surface area contributed by atoms with E-state index in [4.69, 9.17) is 14.1 Å². The lowest BCUT2D eigenvalue weighted by Gasteiger charge is -2.28. The first-order chi connectivity index (χ1) is 15.1. The van der Waals surface area contributed by atoms with E-state index >= 15 is 0 Å². The van der Waals surface area contributed by atoms with Crippen LogP contribution in [-0.2, 0) is 22.4 Å². The number of carboxylic acids is 1. The van der Waals surface area contributed by atoms with Crippen molar-refractivity contribution in [2.45, 2.75) is 66.1 Å². The minimum absolute atomic E-state index is 0.572. The number of fused-ring (bicyclic) bond motifs is 2. The van der Waals surface area contributed by atoms with Crippen molar-refractivity contribution in [2.24, 2.45) is 0 Å². The van der Waals surface area contributed by atoms with Crippen molar-refractivity contribution in [1.82, 2.24) is 9.97 Å². The molecule has 1 unspecified atom stereocenters. The van der Waals surface area contributed by atoms with Crippen molar-refractivity contribution in [3.05, 3.63) is 46.3 Å². The van der Waals surface area contributed by atoms with Crippen LogP contribution in [0.4, 0.5) is 0 Å². The Morgan fingerprint density at radius 3 is 2.66 bits per heavy atom. The number of carboxylic acid groups (broad SMARTS) is 1. The monoisotopic (exact) mass is 452 g/mol. The van der Waals surface area contributed by atoms with Crippen LogP contribution >= 0.6 is 11.3 Å². The van der Waals surface area contributed by atoms with Gasteiger partial charge in [-0.15, -0.1) is 11.3 Å². The fraction of sp³-hybridized carbons (Fsp3) is 0.400. The quantitative estimate of drug-likeness (QED) is 0.360. The van der Waals surface area contributed by atoms with Crippen LogP contribution in [-0.4, -0.2) is 26.6 Å². The number of hydrogen-bond donors (Lipinski definition) is 1. The molecule has 0 radical (unpaired) electrons. The number of furan rings is 1. The normalized spacial score (nSPS) is 13.2. The lowest BCUT2D eigenvalue weighted by Crippen LogP contribution is -2.28. The number of nitrogens with zero attached hydrogens (tertiary/aromatic N) is 2. The van der Waals surface area contributed by atoms with Crippen LogP contribution in [0.25, 0.3) is 32.4 Å². The zero-order valence-corrected chi connectivity index (χ0v) is 20.1. The average Bonchev–Trinajstić information content (AvgIpc) is 3.33. The number of rotatable bonds is 6. The van der Waals surface area contributed by atoms with Crippen LogP contribution < -0.4 is 0 Å². The van der Waals surface area contributed by atoms with Crippen LogP contribution in [0.2, 0.25) is 0 Å². The Hall–Kier alpha value is -2.77. The maximum atomic E-state index is 12.5. The molecule has 6 nitrogen and oxygen atoms in total. The standard InChI is InChI=1S/C25H28N2O4S/c1-7-15-18(8-2)32-23-21(15)20(14-11-17-16(26-12-14)9-10-30-17)19(13(3)27-23)22(24(28)29)31-25(4,5)6/h9-12,22H,7-8H2,1-6H3,(H,28,29). The van der Waals surface area contributed by atoms with Gasteiger partial charge in [0.25, 0.3) is 0 Å². The molecule has 0 saturated heterocycles. The zero-order chi connectivity index (χ0) is 23.2. The summed E-state index contributed by atoms with van der Waals surface area (Å²) in [5.74, 6) is -1.04. The van der Waals surface area contributed by atoms with Crippen molar-refractivity contribution in [3.8, 4) is 11.1 Å². The highest BCUT2D eigenvalue weighted by atomic mass is 32.1. The summed E-state index contributed by atoms with van der Waals surface area (Å²) >= 11 is 1.68. The molecule has 1 N–H and O–H groups in total. The van der Waals surface area contributed by atoms with Gasteiger partial charge < -0.3 is 14.3 Å². The minimum atomic E-state index is -1.16. The number of pyridine rings is 2. The van der Waals surface area contributed by atoms with E-state index in [2.05, 4.69) is 18.8 Å². The summed E-state index contributed by atoms with van der Waals surface area (Å²) in [6.45, 7) is 11.7. The maximum absolute atomic E-state index is 12.5. The first kappa shape index (κ1) is 22.4. The van der Waals surface area contributed by atoms with Gasteiger partial charge in [0, 0.05) is 44.9 Å². The predicted octanol–water partition coefficient (Wildman–Crippen LogP) is 6.48. The highest BCUT2D eigenvalue weighted by Gasteiger charge is 2.33. The fourth-order valence-corrected chi connectivity index (χ4v) is 5.47. The van der Waals surface area contributed by atoms with Crippen molar-refractivity contribution >= 4 is 38.6 Å². The molecule has 168 valence electrons. The van der Waals surface area contributed by atoms with E-state index in [0.717, 1.165) is 39.7 Å². The summed E-state index contributed by atoms with van der Waals surface area (Å²) in [4.78, 5) is 24.0. The summed E-state index contributed by atoms with van der Waals surface area (Å²) in [5.41, 5.74) is 4.81. The Morgan fingerprint density at radius 1 is 1.28 bits per heavy atom. The van der Waals surface area contributed by atoms with Crippen LogP contribution in [0.1, 0.15) is 62.4 Å². The number of thiophene rings is 1. The number of aryl methyl sites for hydroxylation is 3. The summed E-state index contributed by atoms with van der Waals surface area (Å²) in [7, 11) is 0. The van der Waals surface area contributed by atoms with Crippen molar-refractivity contribution < 1.29 is 19.1 Å². The van der Waals surface area contributed by atoms with Crippen molar-refractivity contribution in [1.29, 1.82) is 0 Å². The largest absolute Gasteiger partial charge is 0.479 e. The molecule has 0 aromatic carbocycles. The van der Waals surface area contributed by atoms with Crippen LogP contribution in [0.3, 0.4) is 0 Å². The molecule has 0 fully saturated rings. The van der Waals surface area contributed by atoms with Gasteiger partial charge in [0.1, 0.15) is 10.3 Å². The Bertz CT molecular complexity index is 1310. The first-order valence-corrected chi connectivity index (χ1v) is 11.6. The molecule has 0 aliphatic carbocycles. The van der Waals surface area contributed by atoms with E-state index in [1.807, 2.05) is 39.8 Å². The lowest BCUT2D eigenvalue weighted by atomic mass is 9.90. The molecule has 0 saturated carbocycles.